The molecule has 0 saturated carbocycles. The lowest BCUT2D eigenvalue weighted by molar-refractivity contribution is -0.119. The van der Waals surface area contributed by atoms with Crippen LogP contribution in [0.1, 0.15) is 29.6 Å². The van der Waals surface area contributed by atoms with Crippen molar-refractivity contribution in [2.75, 3.05) is 19.6 Å². The van der Waals surface area contributed by atoms with Crippen LogP contribution in [0, 0.1) is 11.2 Å². The van der Waals surface area contributed by atoms with Gasteiger partial charge >= 0.3 is 0 Å². The first kappa shape index (κ1) is 14.5. The quantitative estimate of drug-likeness (QED) is 0.841. The molecule has 2 aliphatic heterocycles. The van der Waals surface area contributed by atoms with Crippen molar-refractivity contribution in [3.63, 3.8) is 0 Å². The number of rotatable bonds is 1. The Morgan fingerprint density at radius 1 is 1.33 bits per heavy atom. The fraction of sp³-hybridized carbons (Fsp3) is 0.467. The third-order valence-electron chi connectivity index (χ3n) is 4.47. The number of hydrogen-bond acceptors (Lipinski definition) is 2. The van der Waals surface area contributed by atoms with Crippen LogP contribution in [-0.2, 0) is 4.79 Å². The predicted octanol–water partition coefficient (Wildman–Crippen LogP) is 2.33. The van der Waals surface area contributed by atoms with E-state index in [-0.39, 0.29) is 23.0 Å². The zero-order valence-electron chi connectivity index (χ0n) is 11.5. The molecule has 2 fully saturated rings. The molecule has 2 amide bonds. The second kappa shape index (κ2) is 5.40. The average Bonchev–Trinajstić information content (AvgIpc) is 2.83. The average molecular weight is 355 g/mol. The van der Waals surface area contributed by atoms with Gasteiger partial charge in [-0.1, -0.05) is 0 Å². The van der Waals surface area contributed by atoms with E-state index in [1.54, 1.807) is 4.90 Å². The van der Waals surface area contributed by atoms with Gasteiger partial charge in [0.05, 0.1) is 4.47 Å². The second-order valence-corrected chi connectivity index (χ2v) is 6.73. The Kier molecular flexibility index (Phi) is 3.73. The number of benzene rings is 1. The van der Waals surface area contributed by atoms with Crippen molar-refractivity contribution in [3.05, 3.63) is 34.1 Å². The fourth-order valence-electron chi connectivity index (χ4n) is 3.10. The zero-order valence-corrected chi connectivity index (χ0v) is 13.1. The van der Waals surface area contributed by atoms with Crippen LogP contribution in [0.25, 0.3) is 0 Å². The Morgan fingerprint density at radius 2 is 2.05 bits per heavy atom. The molecule has 1 N–H and O–H groups in total. The van der Waals surface area contributed by atoms with E-state index in [0.717, 1.165) is 19.4 Å². The predicted molar refractivity (Wildman–Crippen MR) is 79.3 cm³/mol. The number of carbonyl (C=O) groups is 2. The molecular formula is C15H16BrFN2O2. The summed E-state index contributed by atoms with van der Waals surface area (Å²) in [6.07, 6.45) is 2.23. The normalized spacial score (nSPS) is 20.7. The van der Waals surface area contributed by atoms with Crippen molar-refractivity contribution in [3.8, 4) is 0 Å². The summed E-state index contributed by atoms with van der Waals surface area (Å²) in [5.74, 6) is -0.347. The van der Waals surface area contributed by atoms with E-state index < -0.39 is 0 Å². The van der Waals surface area contributed by atoms with Gasteiger partial charge in [0, 0.05) is 31.6 Å². The molecule has 0 aromatic heterocycles. The highest BCUT2D eigenvalue weighted by Gasteiger charge is 2.41. The third-order valence-corrected chi connectivity index (χ3v) is 5.08. The minimum absolute atomic E-state index is 0.0250. The van der Waals surface area contributed by atoms with Gasteiger partial charge < -0.3 is 10.2 Å². The lowest BCUT2D eigenvalue weighted by Crippen LogP contribution is -2.44. The molecule has 21 heavy (non-hydrogen) atoms. The SMILES string of the molecule is O=C1CC2(CCN(C(=O)c3ccc(F)c(Br)c3)CC2)CN1. The number of amides is 2. The monoisotopic (exact) mass is 354 g/mol. The van der Waals surface area contributed by atoms with Crippen LogP contribution < -0.4 is 5.32 Å². The van der Waals surface area contributed by atoms with E-state index in [1.165, 1.54) is 18.2 Å². The van der Waals surface area contributed by atoms with E-state index in [2.05, 4.69) is 21.2 Å². The molecule has 112 valence electrons. The molecule has 1 spiro atoms. The maximum atomic E-state index is 13.2. The minimum atomic E-state index is -0.375. The Labute approximate surface area is 130 Å². The molecule has 2 saturated heterocycles. The summed E-state index contributed by atoms with van der Waals surface area (Å²) < 4.78 is 13.5. The number of piperidine rings is 1. The number of carbonyl (C=O) groups excluding carboxylic acids is 2. The third kappa shape index (κ3) is 2.81. The Bertz CT molecular complexity index is 597. The zero-order chi connectivity index (χ0) is 15.0. The molecule has 3 rings (SSSR count). The lowest BCUT2D eigenvalue weighted by atomic mass is 9.77. The highest BCUT2D eigenvalue weighted by Crippen LogP contribution is 2.37. The van der Waals surface area contributed by atoms with E-state index in [0.29, 0.717) is 29.5 Å². The highest BCUT2D eigenvalue weighted by atomic mass is 79.9. The minimum Gasteiger partial charge on any atom is -0.356 e. The van der Waals surface area contributed by atoms with Crippen LogP contribution >= 0.6 is 15.9 Å². The molecule has 0 bridgehead atoms. The van der Waals surface area contributed by atoms with Gasteiger partial charge in [-0.2, -0.15) is 0 Å². The number of nitrogens with zero attached hydrogens (tertiary/aromatic N) is 1. The van der Waals surface area contributed by atoms with Gasteiger partial charge in [0.1, 0.15) is 5.82 Å². The number of likely N-dealkylation sites (tertiary alicyclic amines) is 1. The molecule has 2 aliphatic rings. The van der Waals surface area contributed by atoms with Crippen molar-refractivity contribution in [2.45, 2.75) is 19.3 Å². The van der Waals surface area contributed by atoms with Crippen molar-refractivity contribution in [1.82, 2.24) is 10.2 Å². The first-order valence-corrected chi connectivity index (χ1v) is 7.79. The van der Waals surface area contributed by atoms with E-state index >= 15 is 0 Å². The van der Waals surface area contributed by atoms with Crippen LogP contribution in [0.15, 0.2) is 22.7 Å². The number of nitrogens with one attached hydrogen (secondary N) is 1. The molecule has 1 aromatic rings. The maximum Gasteiger partial charge on any atom is 0.253 e. The summed E-state index contributed by atoms with van der Waals surface area (Å²) in [6, 6.07) is 4.32. The Hall–Kier alpha value is -1.43. The molecule has 0 unspecified atom stereocenters. The first-order chi connectivity index (χ1) is 9.99. The molecule has 6 heteroatoms. The van der Waals surface area contributed by atoms with Crippen molar-refractivity contribution >= 4 is 27.7 Å². The van der Waals surface area contributed by atoms with Gasteiger partial charge in [0.25, 0.3) is 5.91 Å². The van der Waals surface area contributed by atoms with E-state index in [9.17, 15) is 14.0 Å². The van der Waals surface area contributed by atoms with Crippen LogP contribution in [-0.4, -0.2) is 36.3 Å². The van der Waals surface area contributed by atoms with Crippen LogP contribution in [0.5, 0.6) is 0 Å². The highest BCUT2D eigenvalue weighted by molar-refractivity contribution is 9.10. The largest absolute Gasteiger partial charge is 0.356 e. The second-order valence-electron chi connectivity index (χ2n) is 5.87. The van der Waals surface area contributed by atoms with Gasteiger partial charge in [-0.05, 0) is 52.4 Å². The Balaban J connectivity index is 1.67. The van der Waals surface area contributed by atoms with Crippen molar-refractivity contribution in [1.29, 1.82) is 0 Å². The number of halogens is 2. The van der Waals surface area contributed by atoms with Crippen LogP contribution in [0.2, 0.25) is 0 Å². The van der Waals surface area contributed by atoms with Crippen LogP contribution in [0.3, 0.4) is 0 Å². The molecule has 0 radical (unpaired) electrons. The summed E-state index contributed by atoms with van der Waals surface area (Å²) >= 11 is 3.10. The van der Waals surface area contributed by atoms with Gasteiger partial charge in [0.15, 0.2) is 0 Å². The molecule has 1 aromatic carbocycles. The van der Waals surface area contributed by atoms with Crippen molar-refractivity contribution < 1.29 is 14.0 Å². The van der Waals surface area contributed by atoms with Crippen LogP contribution in [0.4, 0.5) is 4.39 Å². The van der Waals surface area contributed by atoms with Crippen molar-refractivity contribution in [2.24, 2.45) is 5.41 Å². The van der Waals surface area contributed by atoms with Gasteiger partial charge in [0.2, 0.25) is 5.91 Å². The van der Waals surface area contributed by atoms with Gasteiger partial charge in [-0.15, -0.1) is 0 Å². The summed E-state index contributed by atoms with van der Waals surface area (Å²) in [4.78, 5) is 25.6. The summed E-state index contributed by atoms with van der Waals surface area (Å²) in [5, 5.41) is 2.88. The molecule has 0 atom stereocenters. The van der Waals surface area contributed by atoms with Gasteiger partial charge in [-0.3, -0.25) is 9.59 Å². The summed E-state index contributed by atoms with van der Waals surface area (Å²) in [5.41, 5.74) is 0.511. The fourth-order valence-corrected chi connectivity index (χ4v) is 3.48. The molecular weight excluding hydrogens is 339 g/mol. The Morgan fingerprint density at radius 3 is 2.62 bits per heavy atom. The first-order valence-electron chi connectivity index (χ1n) is 7.00. The standard InChI is InChI=1S/C15H16BrFN2O2/c16-11-7-10(1-2-12(11)17)14(21)19-5-3-15(4-6-19)8-13(20)18-9-15/h1-2,7H,3-6,8-9H2,(H,18,20). The number of hydrogen-bond donors (Lipinski definition) is 1. The van der Waals surface area contributed by atoms with E-state index in [4.69, 9.17) is 0 Å². The summed E-state index contributed by atoms with van der Waals surface area (Å²) in [6.45, 7) is 2.00. The molecule has 4 nitrogen and oxygen atoms in total. The maximum absolute atomic E-state index is 13.2. The lowest BCUT2D eigenvalue weighted by Gasteiger charge is -2.38. The topological polar surface area (TPSA) is 49.4 Å². The smallest absolute Gasteiger partial charge is 0.253 e. The summed E-state index contributed by atoms with van der Waals surface area (Å²) in [7, 11) is 0. The van der Waals surface area contributed by atoms with E-state index in [1.807, 2.05) is 0 Å². The van der Waals surface area contributed by atoms with Gasteiger partial charge in [-0.25, -0.2) is 4.39 Å². The molecule has 2 heterocycles. The molecule has 0 aliphatic carbocycles.